The largest absolute Gasteiger partial charge is 0.489 e. The van der Waals surface area contributed by atoms with Crippen molar-refractivity contribution in [1.82, 2.24) is 4.98 Å². The first kappa shape index (κ1) is 16.6. The van der Waals surface area contributed by atoms with Crippen LogP contribution < -0.4 is 15.0 Å². The molecule has 0 spiro atoms. The van der Waals surface area contributed by atoms with Crippen molar-refractivity contribution in [2.75, 3.05) is 16.8 Å². The van der Waals surface area contributed by atoms with E-state index in [9.17, 15) is 4.79 Å². The number of carbonyl (C=O) groups is 1. The van der Waals surface area contributed by atoms with Gasteiger partial charge in [-0.15, -0.1) is 11.3 Å². The summed E-state index contributed by atoms with van der Waals surface area (Å²) in [5.41, 5.74) is 2.23. The minimum atomic E-state index is -0.0500. The molecule has 26 heavy (non-hydrogen) atoms. The lowest BCUT2D eigenvalue weighted by Crippen LogP contribution is -2.44. The van der Waals surface area contributed by atoms with Crippen molar-refractivity contribution < 1.29 is 9.53 Å². The van der Waals surface area contributed by atoms with Gasteiger partial charge in [-0.1, -0.05) is 42.5 Å². The molecule has 1 aromatic heterocycles. The zero-order valence-electron chi connectivity index (χ0n) is 14.2. The van der Waals surface area contributed by atoms with Crippen LogP contribution in [0, 0.1) is 0 Å². The minimum Gasteiger partial charge on any atom is -0.489 e. The van der Waals surface area contributed by atoms with Crippen LogP contribution in [0.25, 0.3) is 0 Å². The maximum atomic E-state index is 12.5. The van der Waals surface area contributed by atoms with Crippen LogP contribution in [0.15, 0.2) is 66.2 Å². The highest BCUT2D eigenvalue weighted by Gasteiger charge is 2.29. The van der Waals surface area contributed by atoms with Gasteiger partial charge in [0.05, 0.1) is 18.2 Å². The Kier molecular flexibility index (Phi) is 4.84. The Balaban J connectivity index is 1.55. The Hall–Kier alpha value is -2.86. The molecule has 1 N–H and O–H groups in total. The zero-order chi connectivity index (χ0) is 17.8. The Morgan fingerprint density at radius 1 is 1.19 bits per heavy atom. The molecule has 6 heteroatoms. The summed E-state index contributed by atoms with van der Waals surface area (Å²) in [4.78, 5) is 18.8. The average molecular weight is 365 g/mol. The number of anilines is 2. The van der Waals surface area contributed by atoms with E-state index in [1.165, 1.54) is 16.9 Å². The van der Waals surface area contributed by atoms with E-state index in [-0.39, 0.29) is 11.9 Å². The van der Waals surface area contributed by atoms with Crippen molar-refractivity contribution in [3.8, 4) is 5.75 Å². The van der Waals surface area contributed by atoms with E-state index in [2.05, 4.69) is 27.3 Å². The van der Waals surface area contributed by atoms with Gasteiger partial charge in [-0.05, 0) is 17.7 Å². The summed E-state index contributed by atoms with van der Waals surface area (Å²) in [6.45, 7) is 1.21. The molecule has 1 atom stereocenters. The Morgan fingerprint density at radius 3 is 2.81 bits per heavy atom. The zero-order valence-corrected chi connectivity index (χ0v) is 15.0. The summed E-state index contributed by atoms with van der Waals surface area (Å²) in [5.74, 6) is 0.811. The molecule has 132 valence electrons. The van der Waals surface area contributed by atoms with Gasteiger partial charge in [-0.3, -0.25) is 4.79 Å². The molecule has 5 nitrogen and oxygen atoms in total. The van der Waals surface area contributed by atoms with E-state index in [0.29, 0.717) is 18.2 Å². The van der Waals surface area contributed by atoms with Crippen LogP contribution in [-0.4, -0.2) is 23.5 Å². The second kappa shape index (κ2) is 7.58. The fourth-order valence-corrected chi connectivity index (χ4v) is 3.67. The molecule has 0 saturated heterocycles. The molecule has 0 saturated carbocycles. The number of rotatable bonds is 5. The van der Waals surface area contributed by atoms with Gasteiger partial charge >= 0.3 is 0 Å². The maximum absolute atomic E-state index is 12.5. The third kappa shape index (κ3) is 3.70. The van der Waals surface area contributed by atoms with Gasteiger partial charge < -0.3 is 15.0 Å². The highest BCUT2D eigenvalue weighted by molar-refractivity contribution is 7.13. The van der Waals surface area contributed by atoms with Gasteiger partial charge in [0.1, 0.15) is 12.4 Å². The van der Waals surface area contributed by atoms with Crippen molar-refractivity contribution >= 4 is 28.1 Å². The predicted molar refractivity (Wildman–Crippen MR) is 104 cm³/mol. The van der Waals surface area contributed by atoms with Crippen molar-refractivity contribution in [3.63, 3.8) is 0 Å². The highest BCUT2D eigenvalue weighted by atomic mass is 32.1. The van der Waals surface area contributed by atoms with E-state index in [4.69, 9.17) is 4.74 Å². The number of nitrogens with zero attached hydrogens (tertiary/aromatic N) is 2. The summed E-state index contributed by atoms with van der Waals surface area (Å²) in [5, 5.41) is 5.33. The molecular weight excluding hydrogens is 346 g/mol. The van der Waals surface area contributed by atoms with Crippen LogP contribution in [0.3, 0.4) is 0 Å². The number of aromatic nitrogens is 1. The summed E-state index contributed by atoms with van der Waals surface area (Å²) in [6, 6.07) is 18.2. The van der Waals surface area contributed by atoms with Gasteiger partial charge in [0, 0.05) is 18.1 Å². The number of amides is 1. The normalized spacial score (nSPS) is 15.8. The van der Waals surface area contributed by atoms with Crippen LogP contribution in [-0.2, 0) is 11.3 Å². The third-order valence-corrected chi connectivity index (χ3v) is 5.03. The topological polar surface area (TPSA) is 54.5 Å². The second-order valence-corrected chi connectivity index (χ2v) is 7.03. The van der Waals surface area contributed by atoms with E-state index in [1.807, 2.05) is 47.8 Å². The number of para-hydroxylation sites is 2. The molecule has 3 aromatic rings. The quantitative estimate of drug-likeness (QED) is 0.744. The number of hydrogen-bond acceptors (Lipinski definition) is 5. The second-order valence-electron chi connectivity index (χ2n) is 6.14. The third-order valence-electron chi connectivity index (χ3n) is 4.34. The minimum absolute atomic E-state index is 0.0370. The fraction of sp³-hybridized carbons (Fsp3) is 0.200. The van der Waals surface area contributed by atoms with Crippen LogP contribution in [0.4, 0.5) is 10.8 Å². The van der Waals surface area contributed by atoms with E-state index in [0.717, 1.165) is 18.0 Å². The molecule has 0 unspecified atom stereocenters. The standard InChI is InChI=1S/C20H19N3O2S/c24-19(22-20-21-10-11-26-20)12-16-14-25-18-9-5-4-8-17(18)23(16)13-15-6-2-1-3-7-15/h1-11,16H,12-14H2,(H,21,22,24)/t16-/m0/s1. The molecule has 0 aliphatic carbocycles. The first-order chi connectivity index (χ1) is 12.8. The molecule has 1 aliphatic rings. The number of ether oxygens (including phenoxy) is 1. The number of thiazole rings is 1. The van der Waals surface area contributed by atoms with Crippen molar-refractivity contribution in [3.05, 3.63) is 71.7 Å². The van der Waals surface area contributed by atoms with Gasteiger partial charge in [0.25, 0.3) is 0 Å². The first-order valence-corrected chi connectivity index (χ1v) is 9.39. The molecule has 1 aliphatic heterocycles. The van der Waals surface area contributed by atoms with Crippen LogP contribution in [0.2, 0.25) is 0 Å². The van der Waals surface area contributed by atoms with Crippen LogP contribution >= 0.6 is 11.3 Å². The summed E-state index contributed by atoms with van der Waals surface area (Å²) in [7, 11) is 0. The van der Waals surface area contributed by atoms with Gasteiger partial charge in [-0.2, -0.15) is 0 Å². The van der Waals surface area contributed by atoms with Crippen LogP contribution in [0.5, 0.6) is 5.75 Å². The van der Waals surface area contributed by atoms with Crippen LogP contribution in [0.1, 0.15) is 12.0 Å². The number of hydrogen-bond donors (Lipinski definition) is 1. The van der Waals surface area contributed by atoms with Gasteiger partial charge in [0.15, 0.2) is 5.13 Å². The van der Waals surface area contributed by atoms with E-state index in [1.54, 1.807) is 6.20 Å². The number of fused-ring (bicyclic) bond motifs is 1. The molecule has 0 radical (unpaired) electrons. The van der Waals surface area contributed by atoms with Crippen molar-refractivity contribution in [2.45, 2.75) is 19.0 Å². The first-order valence-electron chi connectivity index (χ1n) is 8.51. The summed E-state index contributed by atoms with van der Waals surface area (Å²) in [6.07, 6.45) is 2.03. The van der Waals surface area contributed by atoms with E-state index < -0.39 is 0 Å². The lowest BCUT2D eigenvalue weighted by Gasteiger charge is -2.38. The highest BCUT2D eigenvalue weighted by Crippen LogP contribution is 2.35. The Labute approximate surface area is 156 Å². The molecular formula is C20H19N3O2S. The lowest BCUT2D eigenvalue weighted by molar-refractivity contribution is -0.116. The molecule has 0 fully saturated rings. The van der Waals surface area contributed by atoms with Gasteiger partial charge in [0.2, 0.25) is 5.91 Å². The molecule has 2 heterocycles. The van der Waals surface area contributed by atoms with E-state index >= 15 is 0 Å². The smallest absolute Gasteiger partial charge is 0.228 e. The average Bonchev–Trinajstić information content (AvgIpc) is 3.17. The lowest BCUT2D eigenvalue weighted by atomic mass is 10.1. The molecule has 1 amide bonds. The monoisotopic (exact) mass is 365 g/mol. The fourth-order valence-electron chi connectivity index (χ4n) is 3.12. The Bertz CT molecular complexity index is 868. The Morgan fingerprint density at radius 2 is 2.00 bits per heavy atom. The number of benzene rings is 2. The van der Waals surface area contributed by atoms with Gasteiger partial charge in [-0.25, -0.2) is 4.98 Å². The van der Waals surface area contributed by atoms with Crippen molar-refractivity contribution in [1.29, 1.82) is 0 Å². The molecule has 2 aromatic carbocycles. The molecule has 4 rings (SSSR count). The number of nitrogens with one attached hydrogen (secondary N) is 1. The maximum Gasteiger partial charge on any atom is 0.228 e. The molecule has 0 bridgehead atoms. The SMILES string of the molecule is O=C(C[C@H]1COc2ccccc2N1Cc1ccccc1)Nc1nccs1. The predicted octanol–water partition coefficient (Wildman–Crippen LogP) is 3.94. The summed E-state index contributed by atoms with van der Waals surface area (Å²) >= 11 is 1.42. The van der Waals surface area contributed by atoms with Crippen molar-refractivity contribution in [2.24, 2.45) is 0 Å². The number of carbonyl (C=O) groups excluding carboxylic acids is 1. The summed E-state index contributed by atoms with van der Waals surface area (Å²) < 4.78 is 5.91.